The lowest BCUT2D eigenvalue weighted by Gasteiger charge is -2.19. The molecule has 180 valence electrons. The Hall–Kier alpha value is -3.17. The summed E-state index contributed by atoms with van der Waals surface area (Å²) in [5.41, 5.74) is 2.83. The number of hydrogen-bond acceptors (Lipinski definition) is 5. The van der Waals surface area contributed by atoms with Crippen LogP contribution in [0, 0.1) is 0 Å². The van der Waals surface area contributed by atoms with Crippen molar-refractivity contribution in [3.05, 3.63) is 76.3 Å². The molecule has 4 rings (SSSR count). The van der Waals surface area contributed by atoms with Crippen LogP contribution in [-0.4, -0.2) is 31.5 Å². The van der Waals surface area contributed by atoms with E-state index < -0.39 is 21.8 Å². The second-order valence-corrected chi connectivity index (χ2v) is 10.3. The van der Waals surface area contributed by atoms with Crippen LogP contribution in [0.4, 0.5) is 0 Å². The molecule has 1 aromatic heterocycles. The molecule has 0 saturated carbocycles. The minimum atomic E-state index is -4.06. The first-order chi connectivity index (χ1) is 16.3. The van der Waals surface area contributed by atoms with Gasteiger partial charge in [0.2, 0.25) is 15.9 Å². The monoisotopic (exact) mass is 483 g/mol. The van der Waals surface area contributed by atoms with E-state index in [-0.39, 0.29) is 22.8 Å². The molecule has 1 heterocycles. The number of allylic oxidation sites excluding steroid dienone is 1. The Morgan fingerprint density at radius 2 is 1.94 bits per heavy atom. The van der Waals surface area contributed by atoms with Crippen LogP contribution in [0.5, 0.6) is 0 Å². The highest BCUT2D eigenvalue weighted by Gasteiger charge is 2.27. The highest BCUT2D eigenvalue weighted by atomic mass is 32.2. The zero-order chi connectivity index (χ0) is 24.1. The van der Waals surface area contributed by atoms with E-state index in [0.717, 1.165) is 24.8 Å². The third-order valence-corrected chi connectivity index (χ3v) is 7.57. The molecule has 2 N–H and O–H groups in total. The molecule has 0 spiro atoms. The van der Waals surface area contributed by atoms with Crippen molar-refractivity contribution in [2.24, 2.45) is 7.05 Å². The molecule has 0 radical (unpaired) electrons. The molecular weight excluding hydrogens is 454 g/mol. The van der Waals surface area contributed by atoms with Gasteiger partial charge in [-0.05, 0) is 56.2 Å². The van der Waals surface area contributed by atoms with Gasteiger partial charge < -0.3 is 9.73 Å². The van der Waals surface area contributed by atoms with Gasteiger partial charge in [0.05, 0.1) is 10.4 Å². The van der Waals surface area contributed by atoms with Crippen molar-refractivity contribution in [2.45, 2.75) is 49.5 Å². The maximum Gasteiger partial charge on any atom is 0.419 e. The van der Waals surface area contributed by atoms with Crippen molar-refractivity contribution in [1.29, 1.82) is 0 Å². The molecule has 0 aliphatic heterocycles. The number of sulfonamides is 1. The Labute approximate surface area is 198 Å². The quantitative estimate of drug-likeness (QED) is 0.455. The smallest absolute Gasteiger partial charge is 0.408 e. The van der Waals surface area contributed by atoms with Gasteiger partial charge in [0.15, 0.2) is 5.58 Å². The summed E-state index contributed by atoms with van der Waals surface area (Å²) in [5, 5.41) is 2.89. The average Bonchev–Trinajstić information content (AvgIpc) is 3.12. The molecule has 0 unspecified atom stereocenters. The van der Waals surface area contributed by atoms with E-state index in [1.807, 2.05) is 30.3 Å². The Morgan fingerprint density at radius 1 is 1.15 bits per heavy atom. The molecule has 0 saturated heterocycles. The number of fused-ring (bicyclic) bond motifs is 1. The number of rotatable bonds is 9. The summed E-state index contributed by atoms with van der Waals surface area (Å²) >= 11 is 0. The van der Waals surface area contributed by atoms with Gasteiger partial charge in [-0.15, -0.1) is 0 Å². The molecular formula is C25H29N3O5S. The second kappa shape index (κ2) is 10.4. The molecule has 8 nitrogen and oxygen atoms in total. The maximum absolute atomic E-state index is 13.2. The van der Waals surface area contributed by atoms with E-state index in [0.29, 0.717) is 12.1 Å². The van der Waals surface area contributed by atoms with Gasteiger partial charge in [-0.25, -0.2) is 13.2 Å². The summed E-state index contributed by atoms with van der Waals surface area (Å²) in [6, 6.07) is 12.5. The van der Waals surface area contributed by atoms with Crippen LogP contribution < -0.4 is 15.8 Å². The first kappa shape index (κ1) is 24.0. The summed E-state index contributed by atoms with van der Waals surface area (Å²) in [6.45, 7) is 0.457. The number of carbonyl (C=O) groups is 1. The summed E-state index contributed by atoms with van der Waals surface area (Å²) < 4.78 is 35.3. The van der Waals surface area contributed by atoms with Crippen LogP contribution in [0.1, 0.15) is 37.7 Å². The first-order valence-corrected chi connectivity index (χ1v) is 12.9. The van der Waals surface area contributed by atoms with Crippen LogP contribution in [0.25, 0.3) is 11.1 Å². The number of aryl methyl sites for hydroxylation is 1. The Balaban J connectivity index is 1.52. The Bertz CT molecular complexity index is 1360. The van der Waals surface area contributed by atoms with Crippen molar-refractivity contribution < 1.29 is 17.6 Å². The number of aromatic nitrogens is 1. The number of benzene rings is 2. The van der Waals surface area contributed by atoms with Crippen molar-refractivity contribution in [3.8, 4) is 0 Å². The van der Waals surface area contributed by atoms with Crippen LogP contribution >= 0.6 is 0 Å². The summed E-state index contributed by atoms with van der Waals surface area (Å²) in [4.78, 5) is 24.7. The highest BCUT2D eigenvalue weighted by Crippen LogP contribution is 2.20. The first-order valence-electron chi connectivity index (χ1n) is 11.4. The van der Waals surface area contributed by atoms with E-state index in [9.17, 15) is 18.0 Å². The maximum atomic E-state index is 13.2. The fourth-order valence-corrected chi connectivity index (χ4v) is 5.39. The second-order valence-electron chi connectivity index (χ2n) is 8.57. The van der Waals surface area contributed by atoms with E-state index in [2.05, 4.69) is 16.1 Å². The zero-order valence-corrected chi connectivity index (χ0v) is 19.9. The van der Waals surface area contributed by atoms with Crippen molar-refractivity contribution in [1.82, 2.24) is 14.6 Å². The van der Waals surface area contributed by atoms with Gasteiger partial charge in [0.25, 0.3) is 0 Å². The Kier molecular flexibility index (Phi) is 7.33. The predicted octanol–water partition coefficient (Wildman–Crippen LogP) is 3.03. The van der Waals surface area contributed by atoms with Crippen LogP contribution in [-0.2, 0) is 28.3 Å². The number of carbonyl (C=O) groups excluding carboxylic acids is 1. The van der Waals surface area contributed by atoms with Crippen LogP contribution in [0.3, 0.4) is 0 Å². The van der Waals surface area contributed by atoms with Gasteiger partial charge in [0, 0.05) is 19.7 Å². The van der Waals surface area contributed by atoms with Gasteiger partial charge >= 0.3 is 5.76 Å². The summed E-state index contributed by atoms with van der Waals surface area (Å²) in [5.74, 6) is -0.955. The molecule has 1 atom stereocenters. The minimum Gasteiger partial charge on any atom is -0.408 e. The lowest BCUT2D eigenvalue weighted by Crippen LogP contribution is -2.48. The summed E-state index contributed by atoms with van der Waals surface area (Å²) in [7, 11) is -2.51. The minimum absolute atomic E-state index is 0.0763. The Morgan fingerprint density at radius 3 is 2.68 bits per heavy atom. The predicted molar refractivity (Wildman–Crippen MR) is 130 cm³/mol. The SMILES string of the molecule is Cn1c(=O)oc2cc(S(=O)(=O)N[C@@H](Cc3ccccc3)C(=O)NCCC3=CCCCC3)ccc21. The van der Waals surface area contributed by atoms with Crippen LogP contribution in [0.15, 0.2) is 74.3 Å². The third kappa shape index (κ3) is 5.66. The fourth-order valence-electron chi connectivity index (χ4n) is 4.18. The number of nitrogens with one attached hydrogen (secondary N) is 2. The molecule has 34 heavy (non-hydrogen) atoms. The zero-order valence-electron chi connectivity index (χ0n) is 19.1. The topological polar surface area (TPSA) is 110 Å². The van der Waals surface area contributed by atoms with Gasteiger partial charge in [-0.3, -0.25) is 9.36 Å². The molecule has 1 aliphatic carbocycles. The normalized spacial score (nSPS) is 15.1. The van der Waals surface area contributed by atoms with E-state index in [1.165, 1.54) is 41.2 Å². The van der Waals surface area contributed by atoms with E-state index >= 15 is 0 Å². The van der Waals surface area contributed by atoms with Crippen molar-refractivity contribution >= 4 is 27.0 Å². The number of amides is 1. The van der Waals surface area contributed by atoms with Gasteiger partial charge in [-0.1, -0.05) is 42.0 Å². The van der Waals surface area contributed by atoms with Gasteiger partial charge in [0.1, 0.15) is 6.04 Å². The van der Waals surface area contributed by atoms with Gasteiger partial charge in [-0.2, -0.15) is 4.72 Å². The molecule has 0 bridgehead atoms. The molecule has 1 amide bonds. The summed E-state index contributed by atoms with van der Waals surface area (Å²) in [6.07, 6.45) is 7.70. The highest BCUT2D eigenvalue weighted by molar-refractivity contribution is 7.89. The van der Waals surface area contributed by atoms with E-state index in [4.69, 9.17) is 4.42 Å². The fraction of sp³-hybridized carbons (Fsp3) is 0.360. The standard InChI is InChI=1S/C25H29N3O5S/c1-28-22-13-12-20(17-23(22)33-25(28)30)34(31,32)27-21(16-19-10-6-3-7-11-19)24(29)26-15-14-18-8-4-2-5-9-18/h3,6-8,10-13,17,21,27H,2,4-5,9,14-16H2,1H3,(H,26,29)/t21-/m0/s1. The van der Waals surface area contributed by atoms with Crippen LogP contribution in [0.2, 0.25) is 0 Å². The van der Waals surface area contributed by atoms with Crippen molar-refractivity contribution in [3.63, 3.8) is 0 Å². The largest absolute Gasteiger partial charge is 0.419 e. The molecule has 3 aromatic rings. The number of oxazole rings is 1. The van der Waals surface area contributed by atoms with Crippen molar-refractivity contribution in [2.75, 3.05) is 6.54 Å². The molecule has 9 heteroatoms. The van der Waals surface area contributed by atoms with E-state index in [1.54, 1.807) is 7.05 Å². The lowest BCUT2D eigenvalue weighted by atomic mass is 9.97. The lowest BCUT2D eigenvalue weighted by molar-refractivity contribution is -0.122. The third-order valence-electron chi connectivity index (χ3n) is 6.10. The average molecular weight is 484 g/mol. The number of nitrogens with zero attached hydrogens (tertiary/aromatic N) is 1. The number of hydrogen-bond donors (Lipinski definition) is 2. The molecule has 0 fully saturated rings. The molecule has 1 aliphatic rings. The molecule has 2 aromatic carbocycles.